The average molecular weight is 481 g/mol. The van der Waals surface area contributed by atoms with Crippen LogP contribution in [0.5, 0.6) is 5.75 Å². The molecule has 1 aliphatic heterocycles. The molecule has 0 aromatic heterocycles. The smallest absolute Gasteiger partial charge is 0.343 e. The molecule has 33 heavy (non-hydrogen) atoms. The van der Waals surface area contributed by atoms with Crippen LogP contribution in [-0.4, -0.2) is 17.8 Å². The lowest BCUT2D eigenvalue weighted by atomic mass is 10.1. The largest absolute Gasteiger partial charge is 0.423 e. The minimum Gasteiger partial charge on any atom is -0.423 e. The number of hydrogen-bond acceptors (Lipinski definition) is 5. The van der Waals surface area contributed by atoms with Gasteiger partial charge in [0.15, 0.2) is 0 Å². The molecule has 0 atom stereocenters. The molecule has 0 aliphatic carbocycles. The molecule has 0 radical (unpaired) electrons. The maximum absolute atomic E-state index is 12.9. The van der Waals surface area contributed by atoms with Gasteiger partial charge in [0.1, 0.15) is 16.5 Å². The average Bonchev–Trinajstić information content (AvgIpc) is 3.03. The molecular formula is C25H18Cl2N2O4. The standard InChI is InChI=1S/C25H18Cl2N2O4/c1-2-15-7-13-18(14-8-15)33-25(32)16-9-11-17(12-10-16)28-22-21(27)23(30)29(24(22)31)20-6-4-3-5-19(20)26/h3-14,28H,2H2,1H3. The Morgan fingerprint density at radius 3 is 2.21 bits per heavy atom. The van der Waals surface area contributed by atoms with E-state index >= 15 is 0 Å². The molecule has 166 valence electrons. The zero-order valence-corrected chi connectivity index (χ0v) is 19.0. The number of nitrogens with one attached hydrogen (secondary N) is 1. The van der Waals surface area contributed by atoms with Crippen LogP contribution in [0.2, 0.25) is 5.02 Å². The fourth-order valence-electron chi connectivity index (χ4n) is 3.26. The Hall–Kier alpha value is -3.61. The molecule has 1 N–H and O–H groups in total. The highest BCUT2D eigenvalue weighted by molar-refractivity contribution is 6.53. The predicted molar refractivity (Wildman–Crippen MR) is 128 cm³/mol. The molecule has 0 unspecified atom stereocenters. The number of carbonyl (C=O) groups is 3. The van der Waals surface area contributed by atoms with Crippen LogP contribution in [0.3, 0.4) is 0 Å². The van der Waals surface area contributed by atoms with Crippen LogP contribution in [0.1, 0.15) is 22.8 Å². The van der Waals surface area contributed by atoms with Crippen LogP contribution in [0.4, 0.5) is 11.4 Å². The number of imide groups is 1. The zero-order valence-electron chi connectivity index (χ0n) is 17.5. The SMILES string of the molecule is CCc1ccc(OC(=O)c2ccc(NC3=C(Cl)C(=O)N(c4ccccc4Cl)C3=O)cc2)cc1. The van der Waals surface area contributed by atoms with Crippen LogP contribution in [-0.2, 0) is 16.0 Å². The van der Waals surface area contributed by atoms with Crippen molar-refractivity contribution in [3.63, 3.8) is 0 Å². The van der Waals surface area contributed by atoms with E-state index in [1.54, 1.807) is 60.7 Å². The van der Waals surface area contributed by atoms with Crippen LogP contribution in [0.15, 0.2) is 83.5 Å². The number of amides is 2. The Bertz CT molecular complexity index is 1270. The Morgan fingerprint density at radius 2 is 1.58 bits per heavy atom. The fraction of sp³-hybridized carbons (Fsp3) is 0.0800. The van der Waals surface area contributed by atoms with Gasteiger partial charge < -0.3 is 10.1 Å². The highest BCUT2D eigenvalue weighted by Crippen LogP contribution is 2.34. The van der Waals surface area contributed by atoms with Crippen LogP contribution in [0.25, 0.3) is 0 Å². The van der Waals surface area contributed by atoms with Crippen molar-refractivity contribution in [1.82, 2.24) is 0 Å². The van der Waals surface area contributed by atoms with Crippen molar-refractivity contribution in [1.29, 1.82) is 0 Å². The molecule has 0 saturated heterocycles. The fourth-order valence-corrected chi connectivity index (χ4v) is 3.69. The lowest BCUT2D eigenvalue weighted by Crippen LogP contribution is -2.32. The van der Waals surface area contributed by atoms with Crippen molar-refractivity contribution < 1.29 is 19.1 Å². The Balaban J connectivity index is 1.47. The molecule has 1 aliphatic rings. The van der Waals surface area contributed by atoms with E-state index in [1.165, 1.54) is 0 Å². The molecule has 3 aromatic carbocycles. The van der Waals surface area contributed by atoms with Gasteiger partial charge in [-0.25, -0.2) is 9.69 Å². The summed E-state index contributed by atoms with van der Waals surface area (Å²) in [6.45, 7) is 2.04. The molecule has 0 bridgehead atoms. The summed E-state index contributed by atoms with van der Waals surface area (Å²) in [7, 11) is 0. The number of halogens is 2. The second kappa shape index (κ2) is 9.48. The van der Waals surface area contributed by atoms with Gasteiger partial charge in [-0.1, -0.05) is 54.4 Å². The first-order valence-electron chi connectivity index (χ1n) is 10.1. The number of ether oxygens (including phenoxy) is 1. The summed E-state index contributed by atoms with van der Waals surface area (Å²) in [5.74, 6) is -1.37. The second-order valence-corrected chi connectivity index (χ2v) is 7.96. The van der Waals surface area contributed by atoms with E-state index in [4.69, 9.17) is 27.9 Å². The summed E-state index contributed by atoms with van der Waals surface area (Å²) in [6, 6.07) is 20.1. The van der Waals surface area contributed by atoms with Gasteiger partial charge in [-0.05, 0) is 60.5 Å². The van der Waals surface area contributed by atoms with Gasteiger partial charge in [0.2, 0.25) is 0 Å². The third-order valence-electron chi connectivity index (χ3n) is 5.05. The summed E-state index contributed by atoms with van der Waals surface area (Å²) in [5.41, 5.74) is 2.11. The first kappa shape index (κ1) is 22.6. The first-order valence-corrected chi connectivity index (χ1v) is 10.9. The molecule has 0 fully saturated rings. The predicted octanol–water partition coefficient (Wildman–Crippen LogP) is 5.56. The summed E-state index contributed by atoms with van der Waals surface area (Å²) in [6.07, 6.45) is 0.896. The van der Waals surface area contributed by atoms with Gasteiger partial charge in [-0.3, -0.25) is 9.59 Å². The minimum absolute atomic E-state index is 0.0760. The highest BCUT2D eigenvalue weighted by Gasteiger charge is 2.39. The van der Waals surface area contributed by atoms with Gasteiger partial charge in [0.05, 0.1) is 16.3 Å². The normalized spacial score (nSPS) is 13.5. The number of anilines is 2. The van der Waals surface area contributed by atoms with Gasteiger partial charge >= 0.3 is 5.97 Å². The molecule has 4 rings (SSSR count). The van der Waals surface area contributed by atoms with E-state index in [0.29, 0.717) is 17.0 Å². The lowest BCUT2D eigenvalue weighted by Gasteiger charge is -2.16. The highest BCUT2D eigenvalue weighted by atomic mass is 35.5. The number of carbonyl (C=O) groups excluding carboxylic acids is 3. The van der Waals surface area contributed by atoms with E-state index in [-0.39, 0.29) is 21.4 Å². The Kier molecular flexibility index (Phi) is 6.49. The number of benzene rings is 3. The van der Waals surface area contributed by atoms with Crippen molar-refractivity contribution in [3.8, 4) is 5.75 Å². The topological polar surface area (TPSA) is 75.7 Å². The third kappa shape index (κ3) is 4.62. The number of aryl methyl sites for hydroxylation is 1. The summed E-state index contributed by atoms with van der Waals surface area (Å²) in [4.78, 5) is 38.8. The minimum atomic E-state index is -0.674. The van der Waals surface area contributed by atoms with E-state index < -0.39 is 17.8 Å². The molecule has 8 heteroatoms. The van der Waals surface area contributed by atoms with Crippen LogP contribution < -0.4 is 15.0 Å². The van der Waals surface area contributed by atoms with E-state index in [0.717, 1.165) is 16.9 Å². The molecule has 6 nitrogen and oxygen atoms in total. The molecule has 2 amide bonds. The summed E-state index contributed by atoms with van der Waals surface area (Å²) in [5, 5.41) is 2.86. The Morgan fingerprint density at radius 1 is 0.909 bits per heavy atom. The molecule has 0 spiro atoms. The van der Waals surface area contributed by atoms with Gasteiger partial charge in [-0.2, -0.15) is 0 Å². The zero-order chi connectivity index (χ0) is 23.5. The second-order valence-electron chi connectivity index (χ2n) is 7.18. The molecule has 0 saturated carbocycles. The monoisotopic (exact) mass is 480 g/mol. The Labute approximate surface area is 200 Å². The maximum Gasteiger partial charge on any atom is 0.343 e. The van der Waals surface area contributed by atoms with Crippen molar-refractivity contribution in [2.24, 2.45) is 0 Å². The van der Waals surface area contributed by atoms with E-state index in [1.807, 2.05) is 19.1 Å². The quantitative estimate of drug-likeness (QED) is 0.284. The van der Waals surface area contributed by atoms with Crippen LogP contribution in [0, 0.1) is 0 Å². The molecular weight excluding hydrogens is 463 g/mol. The first-order chi connectivity index (χ1) is 15.9. The third-order valence-corrected chi connectivity index (χ3v) is 5.72. The number of esters is 1. The van der Waals surface area contributed by atoms with E-state index in [9.17, 15) is 14.4 Å². The van der Waals surface area contributed by atoms with E-state index in [2.05, 4.69) is 5.32 Å². The number of hydrogen-bond donors (Lipinski definition) is 1. The van der Waals surface area contributed by atoms with Crippen molar-refractivity contribution in [2.45, 2.75) is 13.3 Å². The van der Waals surface area contributed by atoms with Gasteiger partial charge in [0.25, 0.3) is 11.8 Å². The van der Waals surface area contributed by atoms with Crippen molar-refractivity contribution in [2.75, 3.05) is 10.2 Å². The van der Waals surface area contributed by atoms with Gasteiger partial charge in [-0.15, -0.1) is 0 Å². The summed E-state index contributed by atoms with van der Waals surface area (Å²) < 4.78 is 5.39. The number of para-hydroxylation sites is 1. The molecule has 1 heterocycles. The summed E-state index contributed by atoms with van der Waals surface area (Å²) >= 11 is 12.3. The number of nitrogens with zero attached hydrogens (tertiary/aromatic N) is 1. The van der Waals surface area contributed by atoms with Crippen molar-refractivity contribution in [3.05, 3.63) is 99.7 Å². The van der Waals surface area contributed by atoms with Gasteiger partial charge in [0, 0.05) is 5.69 Å². The molecule has 3 aromatic rings. The number of rotatable bonds is 6. The maximum atomic E-state index is 12.9. The lowest BCUT2D eigenvalue weighted by molar-refractivity contribution is -0.120. The van der Waals surface area contributed by atoms with Crippen LogP contribution >= 0.6 is 23.2 Å². The van der Waals surface area contributed by atoms with Crippen molar-refractivity contribution >= 4 is 52.4 Å².